The molecule has 1 aliphatic heterocycles. The van der Waals surface area contributed by atoms with Crippen LogP contribution in [0.15, 0.2) is 83.0 Å². The van der Waals surface area contributed by atoms with Crippen molar-refractivity contribution in [2.45, 2.75) is 26.4 Å². The molecule has 35 heavy (non-hydrogen) atoms. The van der Waals surface area contributed by atoms with Crippen molar-refractivity contribution in [3.63, 3.8) is 0 Å². The number of allylic oxidation sites excluding steroid dienone is 1. The number of carbonyl (C=O) groups is 1. The van der Waals surface area contributed by atoms with Gasteiger partial charge in [0.05, 0.1) is 18.2 Å². The van der Waals surface area contributed by atoms with Gasteiger partial charge in [-0.1, -0.05) is 70.9 Å². The second-order valence-corrected chi connectivity index (χ2v) is 8.87. The molecule has 8 heteroatoms. The molecule has 0 bridgehead atoms. The van der Waals surface area contributed by atoms with Crippen LogP contribution in [0.25, 0.3) is 17.0 Å². The van der Waals surface area contributed by atoms with Crippen LogP contribution in [0.4, 0.5) is 9.18 Å². The molecule has 1 aromatic heterocycles. The molecule has 0 saturated heterocycles. The fraction of sp³-hybridized carbons (Fsp3) is 0.148. The normalized spacial score (nSPS) is 15.9. The molecule has 2 amide bonds. The minimum absolute atomic E-state index is 0.261. The van der Waals surface area contributed by atoms with Gasteiger partial charge in [-0.3, -0.25) is 4.90 Å². The molecular formula is C27H22ClFN4O2. The average Bonchev–Trinajstić information content (AvgIpc) is 3.33. The van der Waals surface area contributed by atoms with Gasteiger partial charge >= 0.3 is 6.03 Å². The van der Waals surface area contributed by atoms with E-state index >= 15 is 0 Å². The number of carbonyl (C=O) groups excluding carboxylic acids is 1. The molecule has 1 atom stereocenters. The van der Waals surface area contributed by atoms with E-state index in [1.165, 1.54) is 12.1 Å². The van der Waals surface area contributed by atoms with Crippen molar-refractivity contribution < 1.29 is 13.7 Å². The minimum atomic E-state index is -0.486. The van der Waals surface area contributed by atoms with Crippen molar-refractivity contribution in [1.29, 1.82) is 0 Å². The largest absolute Gasteiger partial charge is 0.334 e. The van der Waals surface area contributed by atoms with Gasteiger partial charge in [-0.25, -0.2) is 9.18 Å². The van der Waals surface area contributed by atoms with Crippen molar-refractivity contribution in [1.82, 2.24) is 20.4 Å². The molecule has 4 aromatic rings. The second kappa shape index (κ2) is 9.35. The summed E-state index contributed by atoms with van der Waals surface area (Å²) >= 11 is 6.14. The van der Waals surface area contributed by atoms with Crippen LogP contribution >= 0.6 is 11.6 Å². The summed E-state index contributed by atoms with van der Waals surface area (Å²) in [5, 5.41) is 7.81. The molecule has 3 aromatic carbocycles. The number of hydrogen-bond acceptors (Lipinski definition) is 4. The number of halogens is 2. The lowest BCUT2D eigenvalue weighted by Gasteiger charge is -2.35. The molecular weight excluding hydrogens is 467 g/mol. The molecule has 0 radical (unpaired) electrons. The summed E-state index contributed by atoms with van der Waals surface area (Å²) in [6, 6.07) is 20.4. The predicted octanol–water partition coefficient (Wildman–Crippen LogP) is 6.54. The van der Waals surface area contributed by atoms with Crippen LogP contribution in [0.3, 0.4) is 0 Å². The number of urea groups is 1. The third-order valence-electron chi connectivity index (χ3n) is 6.00. The standard InChI is InChI=1S/C27H22ClFN4O2/c1-16-6-10-19(11-7-16)24-23(26-31-25(32-35-26)20-4-3-5-21(28)14-20)17(2)33(27(34)30-24)15-18-8-12-22(29)13-9-18/h3-14,24H,15H2,1-2H3,(H,30,34). The minimum Gasteiger partial charge on any atom is -0.334 e. The number of rotatable bonds is 5. The summed E-state index contributed by atoms with van der Waals surface area (Å²) in [5.41, 5.74) is 4.88. The van der Waals surface area contributed by atoms with Gasteiger partial charge in [-0.05, 0) is 49.2 Å². The first kappa shape index (κ1) is 22.8. The fourth-order valence-corrected chi connectivity index (χ4v) is 4.30. The highest BCUT2D eigenvalue weighted by atomic mass is 35.5. The van der Waals surface area contributed by atoms with E-state index < -0.39 is 6.04 Å². The maximum absolute atomic E-state index is 13.4. The molecule has 6 nitrogen and oxygen atoms in total. The molecule has 0 spiro atoms. The van der Waals surface area contributed by atoms with E-state index in [1.807, 2.05) is 50.2 Å². The van der Waals surface area contributed by atoms with Gasteiger partial charge in [0.25, 0.3) is 5.89 Å². The van der Waals surface area contributed by atoms with Crippen LogP contribution in [0.2, 0.25) is 5.02 Å². The molecule has 0 aliphatic carbocycles. The molecule has 2 heterocycles. The summed E-state index contributed by atoms with van der Waals surface area (Å²) in [4.78, 5) is 19.4. The molecule has 1 unspecified atom stereocenters. The fourth-order valence-electron chi connectivity index (χ4n) is 4.11. The third-order valence-corrected chi connectivity index (χ3v) is 6.24. The van der Waals surface area contributed by atoms with Crippen LogP contribution in [-0.4, -0.2) is 21.1 Å². The lowest BCUT2D eigenvalue weighted by atomic mass is 9.94. The monoisotopic (exact) mass is 488 g/mol. The Balaban J connectivity index is 1.59. The number of nitrogens with one attached hydrogen (secondary N) is 1. The van der Waals surface area contributed by atoms with Crippen molar-refractivity contribution in [2.75, 3.05) is 0 Å². The summed E-state index contributed by atoms with van der Waals surface area (Å²) in [7, 11) is 0. The summed E-state index contributed by atoms with van der Waals surface area (Å²) in [6.45, 7) is 4.12. The predicted molar refractivity (Wildman–Crippen MR) is 132 cm³/mol. The molecule has 176 valence electrons. The van der Waals surface area contributed by atoms with Gasteiger partial charge in [0.2, 0.25) is 5.82 Å². The summed E-state index contributed by atoms with van der Waals surface area (Å²) in [6.07, 6.45) is 0. The number of benzene rings is 3. The van der Waals surface area contributed by atoms with E-state index in [-0.39, 0.29) is 18.4 Å². The zero-order valence-electron chi connectivity index (χ0n) is 19.1. The Morgan fingerprint density at radius 2 is 1.80 bits per heavy atom. The Kier molecular flexibility index (Phi) is 6.09. The number of amides is 2. The summed E-state index contributed by atoms with van der Waals surface area (Å²) < 4.78 is 19.1. The lowest BCUT2D eigenvalue weighted by molar-refractivity contribution is 0.203. The first-order valence-electron chi connectivity index (χ1n) is 11.1. The Hall–Kier alpha value is -3.97. The maximum Gasteiger partial charge on any atom is 0.322 e. The van der Waals surface area contributed by atoms with Crippen LogP contribution in [0.5, 0.6) is 0 Å². The third kappa shape index (κ3) is 4.68. The number of aryl methyl sites for hydroxylation is 1. The summed E-state index contributed by atoms with van der Waals surface area (Å²) in [5.74, 6) is 0.364. The molecule has 0 fully saturated rings. The van der Waals surface area contributed by atoms with E-state index in [0.29, 0.717) is 28.0 Å². The van der Waals surface area contributed by atoms with Crippen LogP contribution in [0, 0.1) is 12.7 Å². The van der Waals surface area contributed by atoms with Gasteiger partial charge in [-0.15, -0.1) is 0 Å². The van der Waals surface area contributed by atoms with Crippen molar-refractivity contribution in [2.24, 2.45) is 0 Å². The zero-order chi connectivity index (χ0) is 24.5. The lowest BCUT2D eigenvalue weighted by Crippen LogP contribution is -2.45. The SMILES string of the molecule is CC1=C(c2nc(-c3cccc(Cl)c3)no2)C(c2ccc(C)cc2)NC(=O)N1Cc1ccc(F)cc1. The van der Waals surface area contributed by atoms with E-state index in [4.69, 9.17) is 16.1 Å². The van der Waals surface area contributed by atoms with Crippen molar-refractivity contribution in [3.8, 4) is 11.4 Å². The Labute approximate surface area is 207 Å². The van der Waals surface area contributed by atoms with Gasteiger partial charge in [0.15, 0.2) is 0 Å². The highest BCUT2D eigenvalue weighted by Gasteiger charge is 2.35. The van der Waals surface area contributed by atoms with Gasteiger partial charge in [0.1, 0.15) is 5.82 Å². The number of nitrogens with zero attached hydrogens (tertiary/aromatic N) is 3. The van der Waals surface area contributed by atoms with E-state index in [1.54, 1.807) is 29.2 Å². The van der Waals surface area contributed by atoms with Gasteiger partial charge in [-0.2, -0.15) is 4.98 Å². The topological polar surface area (TPSA) is 71.3 Å². The Morgan fingerprint density at radius 3 is 2.51 bits per heavy atom. The molecule has 1 N–H and O–H groups in total. The van der Waals surface area contributed by atoms with Crippen molar-refractivity contribution in [3.05, 3.63) is 112 Å². The van der Waals surface area contributed by atoms with Crippen LogP contribution in [-0.2, 0) is 6.54 Å². The Bertz CT molecular complexity index is 1410. The second-order valence-electron chi connectivity index (χ2n) is 8.44. The smallest absolute Gasteiger partial charge is 0.322 e. The quantitative estimate of drug-likeness (QED) is 0.346. The zero-order valence-corrected chi connectivity index (χ0v) is 19.9. The highest BCUT2D eigenvalue weighted by Crippen LogP contribution is 2.38. The van der Waals surface area contributed by atoms with E-state index in [9.17, 15) is 9.18 Å². The molecule has 1 aliphatic rings. The number of aromatic nitrogens is 2. The van der Waals surface area contributed by atoms with Crippen molar-refractivity contribution >= 4 is 23.2 Å². The molecule has 5 rings (SSSR count). The Morgan fingerprint density at radius 1 is 1.06 bits per heavy atom. The average molecular weight is 489 g/mol. The van der Waals surface area contributed by atoms with Crippen LogP contribution < -0.4 is 5.32 Å². The number of hydrogen-bond donors (Lipinski definition) is 1. The van der Waals surface area contributed by atoms with Gasteiger partial charge < -0.3 is 9.84 Å². The first-order valence-corrected chi connectivity index (χ1v) is 11.5. The van der Waals surface area contributed by atoms with Crippen LogP contribution in [0.1, 0.15) is 35.5 Å². The first-order chi connectivity index (χ1) is 16.9. The molecule has 0 saturated carbocycles. The van der Waals surface area contributed by atoms with E-state index in [0.717, 1.165) is 22.3 Å². The van der Waals surface area contributed by atoms with Gasteiger partial charge in [0, 0.05) is 16.3 Å². The van der Waals surface area contributed by atoms with E-state index in [2.05, 4.69) is 15.5 Å². The maximum atomic E-state index is 13.4. The highest BCUT2D eigenvalue weighted by molar-refractivity contribution is 6.30.